The summed E-state index contributed by atoms with van der Waals surface area (Å²) in [6, 6.07) is -0.422. The van der Waals surface area contributed by atoms with E-state index in [1.165, 1.54) is 0 Å². The van der Waals surface area contributed by atoms with Gasteiger partial charge in [-0.25, -0.2) is 4.79 Å². The fourth-order valence-corrected chi connectivity index (χ4v) is 2.82. The van der Waals surface area contributed by atoms with E-state index in [4.69, 9.17) is 0 Å². The number of hydrogen-bond donors (Lipinski definition) is 2. The number of carbonyl (C=O) groups is 3. The van der Waals surface area contributed by atoms with Gasteiger partial charge >= 0.3 is 65.1 Å². The predicted octanol–water partition coefficient (Wildman–Crippen LogP) is -6.10. The first-order valence-electron chi connectivity index (χ1n) is 8.51. The van der Waals surface area contributed by atoms with Gasteiger partial charge < -0.3 is 30.4 Å². The monoisotopic (exact) mass is 388 g/mol. The van der Waals surface area contributed by atoms with E-state index in [0.717, 1.165) is 0 Å². The quantitative estimate of drug-likeness (QED) is 0.322. The van der Waals surface area contributed by atoms with Gasteiger partial charge in [0.25, 0.3) is 0 Å². The van der Waals surface area contributed by atoms with E-state index < -0.39 is 18.0 Å². The van der Waals surface area contributed by atoms with Crippen LogP contribution >= 0.6 is 0 Å². The third kappa shape index (κ3) is 19.0. The smallest absolute Gasteiger partial charge is 0.550 e. The van der Waals surface area contributed by atoms with E-state index in [1.54, 1.807) is 0 Å². The third-order valence-corrected chi connectivity index (χ3v) is 3.62. The van der Waals surface area contributed by atoms with Crippen molar-refractivity contribution in [1.29, 1.82) is 0 Å². The average Bonchev–Trinajstić information content (AvgIpc) is 2.39. The van der Waals surface area contributed by atoms with Crippen LogP contribution in [-0.4, -0.2) is 31.1 Å². The van der Waals surface area contributed by atoms with Crippen molar-refractivity contribution in [3.63, 3.8) is 0 Å². The molecule has 0 aliphatic rings. The summed E-state index contributed by atoms with van der Waals surface area (Å²) in [5.41, 5.74) is 0. The Morgan fingerprint density at radius 2 is 1.04 bits per heavy atom. The van der Waals surface area contributed by atoms with Crippen molar-refractivity contribution >= 4 is 18.0 Å². The summed E-state index contributed by atoms with van der Waals surface area (Å²) in [5, 5.41) is 26.8. The molecule has 2 amide bonds. The topological polar surface area (TPSA) is 121 Å². The zero-order chi connectivity index (χ0) is 18.7. The summed E-state index contributed by atoms with van der Waals surface area (Å²) in [6.45, 7) is 8.43. The van der Waals surface area contributed by atoms with Crippen molar-refractivity contribution in [1.82, 2.24) is 10.6 Å². The molecule has 0 radical (unpaired) electrons. The molecule has 7 nitrogen and oxygen atoms in total. The van der Waals surface area contributed by atoms with Gasteiger partial charge in [0.15, 0.2) is 0 Å². The minimum absolute atomic E-state index is 0. The molecule has 0 fully saturated rings. The summed E-state index contributed by atoms with van der Waals surface area (Å²) in [5.74, 6) is -2.00. The fourth-order valence-electron chi connectivity index (χ4n) is 2.82. The van der Waals surface area contributed by atoms with Crippen LogP contribution in [0.2, 0.25) is 0 Å². The molecule has 0 aromatic rings. The van der Waals surface area contributed by atoms with Crippen LogP contribution in [0.1, 0.15) is 53.4 Å². The number of aliphatic carboxylic acids is 2. The van der Waals surface area contributed by atoms with E-state index in [9.17, 15) is 24.6 Å². The number of hydrogen-bond acceptors (Lipinski definition) is 5. The number of carboxylic acids is 2. The molecular formula is C17H30N2Na2O5. The third-order valence-electron chi connectivity index (χ3n) is 3.62. The second-order valence-corrected chi connectivity index (χ2v) is 7.23. The first-order chi connectivity index (χ1) is 11.1. The number of amides is 2. The molecule has 0 aromatic heterocycles. The van der Waals surface area contributed by atoms with E-state index in [0.29, 0.717) is 24.7 Å². The Morgan fingerprint density at radius 3 is 1.27 bits per heavy atom. The zero-order valence-corrected chi connectivity index (χ0v) is 21.1. The molecule has 0 aliphatic heterocycles. The van der Waals surface area contributed by atoms with E-state index in [-0.39, 0.29) is 96.9 Å². The van der Waals surface area contributed by atoms with Crippen molar-refractivity contribution in [2.75, 3.05) is 13.1 Å². The number of carboxylic acid groups (broad SMARTS) is 2. The molecule has 140 valence electrons. The van der Waals surface area contributed by atoms with Crippen molar-refractivity contribution in [2.24, 2.45) is 23.7 Å². The van der Waals surface area contributed by atoms with Gasteiger partial charge in [0.2, 0.25) is 0 Å². The molecule has 0 heterocycles. The van der Waals surface area contributed by atoms with Crippen LogP contribution < -0.4 is 80.0 Å². The van der Waals surface area contributed by atoms with Gasteiger partial charge in [-0.2, -0.15) is 0 Å². The van der Waals surface area contributed by atoms with E-state index in [1.807, 2.05) is 27.7 Å². The van der Waals surface area contributed by atoms with Crippen molar-refractivity contribution < 1.29 is 83.7 Å². The normalized spacial score (nSPS) is 12.5. The van der Waals surface area contributed by atoms with E-state index in [2.05, 4.69) is 10.6 Å². The fraction of sp³-hybridized carbons (Fsp3) is 0.824. The molecule has 2 N–H and O–H groups in total. The van der Waals surface area contributed by atoms with Crippen LogP contribution in [0.5, 0.6) is 0 Å². The van der Waals surface area contributed by atoms with Crippen molar-refractivity contribution in [2.45, 2.75) is 53.4 Å². The summed E-state index contributed by atoms with van der Waals surface area (Å²) in [7, 11) is 0. The van der Waals surface area contributed by atoms with E-state index >= 15 is 0 Å². The Hall–Kier alpha value is 0.210. The molecule has 0 aromatic carbocycles. The Morgan fingerprint density at radius 1 is 0.731 bits per heavy atom. The molecule has 0 rings (SSSR count). The molecule has 2 atom stereocenters. The maximum Gasteiger partial charge on any atom is 1.00 e. The van der Waals surface area contributed by atoms with Crippen LogP contribution in [0.25, 0.3) is 0 Å². The molecule has 9 heteroatoms. The Bertz CT molecular complexity index is 384. The van der Waals surface area contributed by atoms with Gasteiger partial charge in [-0.3, -0.25) is 0 Å². The molecule has 0 saturated carbocycles. The largest absolute Gasteiger partial charge is 1.00 e. The molecule has 0 aliphatic carbocycles. The van der Waals surface area contributed by atoms with Gasteiger partial charge in [-0.15, -0.1) is 0 Å². The van der Waals surface area contributed by atoms with Gasteiger partial charge in [0.05, 0.1) is 0 Å². The molecule has 0 bridgehead atoms. The molecule has 0 saturated heterocycles. The zero-order valence-electron chi connectivity index (χ0n) is 17.1. The van der Waals surface area contributed by atoms with Crippen LogP contribution in [0.3, 0.4) is 0 Å². The Balaban J connectivity index is -0.00000264. The summed E-state index contributed by atoms with van der Waals surface area (Å²) >= 11 is 0. The minimum Gasteiger partial charge on any atom is -0.550 e. The summed E-state index contributed by atoms with van der Waals surface area (Å²) < 4.78 is 0. The van der Waals surface area contributed by atoms with Gasteiger partial charge in [0, 0.05) is 25.0 Å². The van der Waals surface area contributed by atoms with Crippen LogP contribution in [0.4, 0.5) is 4.79 Å². The molecule has 0 unspecified atom stereocenters. The Kier molecular flexibility index (Phi) is 20.6. The van der Waals surface area contributed by atoms with Gasteiger partial charge in [-0.05, 0) is 49.4 Å². The average molecular weight is 388 g/mol. The first kappa shape index (κ1) is 30.9. The second kappa shape index (κ2) is 17.3. The van der Waals surface area contributed by atoms with Crippen molar-refractivity contribution in [3.05, 3.63) is 0 Å². The van der Waals surface area contributed by atoms with Crippen LogP contribution in [-0.2, 0) is 9.59 Å². The maximum atomic E-state index is 11.8. The summed E-state index contributed by atoms with van der Waals surface area (Å²) in [4.78, 5) is 33.4. The number of nitrogens with one attached hydrogen (secondary N) is 2. The number of carbonyl (C=O) groups excluding carboxylic acids is 3. The first-order valence-corrected chi connectivity index (χ1v) is 8.51. The standard InChI is InChI=1S/C17H32N2O5.2Na/c1-11(2)5-13(7-15(20)21)9-18-17(24)19-10-14(6-12(3)4)8-16(22)23;;/h11-14H,5-10H2,1-4H3,(H,20,21)(H,22,23)(H2,18,19,24);;/q;2*+1/p-2/t13-,14-;;/m0../s1. The van der Waals surface area contributed by atoms with Gasteiger partial charge in [0.1, 0.15) is 0 Å². The van der Waals surface area contributed by atoms with Crippen LogP contribution in [0, 0.1) is 23.7 Å². The number of urea groups is 1. The predicted molar refractivity (Wildman–Crippen MR) is 86.5 cm³/mol. The minimum atomic E-state index is -1.13. The number of rotatable bonds is 12. The SMILES string of the molecule is CC(C)C[C@H](CNC(=O)NC[C@H](CC(=O)[O-])CC(C)C)CC(=O)[O-].[Na+].[Na+]. The maximum absolute atomic E-state index is 11.8. The molecular weight excluding hydrogens is 358 g/mol. The second-order valence-electron chi connectivity index (χ2n) is 7.23. The van der Waals surface area contributed by atoms with Crippen LogP contribution in [0.15, 0.2) is 0 Å². The molecule has 26 heavy (non-hydrogen) atoms. The van der Waals surface area contributed by atoms with Gasteiger partial charge in [-0.1, -0.05) is 27.7 Å². The van der Waals surface area contributed by atoms with Crippen molar-refractivity contribution in [3.8, 4) is 0 Å². The molecule has 0 spiro atoms. The Labute approximate surface area is 201 Å². The summed E-state index contributed by atoms with van der Waals surface area (Å²) in [6.07, 6.45) is 1.15.